The van der Waals surface area contributed by atoms with E-state index < -0.39 is 42.6 Å². The number of anilines is 1. The number of hydrogen-bond donors (Lipinski definition) is 4. The van der Waals surface area contributed by atoms with E-state index in [-0.39, 0.29) is 33.4 Å². The zero-order valence-corrected chi connectivity index (χ0v) is 17.8. The molecule has 2 heterocycles. The predicted molar refractivity (Wildman–Crippen MR) is 108 cm³/mol. The standard InChI is InChI=1S/C16H12ClF2N5O3.C3H5F3/c1-6-13(14(17)24-23-6)22-16(27)8-2-9(18)7(3-12(8)26)10-4-20-15(19)11(5-25)21-10;1-2-3(4,5)6/h2-4,25-26H,5H2,1H3,(H,22,27)(H,23,24);2H2,1H3. The van der Waals surface area contributed by atoms with Crippen LogP contribution in [0.5, 0.6) is 5.75 Å². The van der Waals surface area contributed by atoms with Crippen molar-refractivity contribution in [2.75, 3.05) is 5.32 Å². The molecule has 0 fully saturated rings. The van der Waals surface area contributed by atoms with E-state index in [4.69, 9.17) is 16.7 Å². The maximum Gasteiger partial charge on any atom is 0.388 e. The zero-order chi connectivity index (χ0) is 24.9. The SMILES string of the molecule is CCC(F)(F)F.Cc1[nH]nc(Cl)c1NC(=O)c1cc(F)c(-c2cnc(F)c(CO)n2)cc1O. The molecule has 178 valence electrons. The van der Waals surface area contributed by atoms with E-state index in [0.29, 0.717) is 5.69 Å². The van der Waals surface area contributed by atoms with Crippen LogP contribution in [0.3, 0.4) is 0 Å². The maximum absolute atomic E-state index is 14.5. The Morgan fingerprint density at radius 1 is 1.27 bits per heavy atom. The summed E-state index contributed by atoms with van der Waals surface area (Å²) in [4.78, 5) is 19.5. The second-order valence-electron chi connectivity index (χ2n) is 6.44. The number of aromatic nitrogens is 4. The van der Waals surface area contributed by atoms with E-state index in [1.165, 1.54) is 0 Å². The average molecular weight is 494 g/mol. The largest absolute Gasteiger partial charge is 0.507 e. The van der Waals surface area contributed by atoms with Crippen molar-refractivity contribution in [1.29, 1.82) is 0 Å². The molecule has 0 spiro atoms. The van der Waals surface area contributed by atoms with Gasteiger partial charge in [0, 0.05) is 12.0 Å². The molecule has 0 saturated carbocycles. The number of aliphatic hydroxyl groups is 1. The highest BCUT2D eigenvalue weighted by Crippen LogP contribution is 2.30. The quantitative estimate of drug-likeness (QED) is 0.396. The van der Waals surface area contributed by atoms with Gasteiger partial charge in [-0.25, -0.2) is 14.4 Å². The molecule has 0 radical (unpaired) electrons. The number of aryl methyl sites for hydroxylation is 1. The summed E-state index contributed by atoms with van der Waals surface area (Å²) < 4.78 is 60.2. The Balaban J connectivity index is 0.000000569. The molecule has 0 saturated heterocycles. The molecular formula is C19H17ClF5N5O3. The summed E-state index contributed by atoms with van der Waals surface area (Å²) >= 11 is 5.83. The highest BCUT2D eigenvalue weighted by molar-refractivity contribution is 6.33. The first-order valence-corrected chi connectivity index (χ1v) is 9.49. The molecule has 4 N–H and O–H groups in total. The minimum absolute atomic E-state index is 0.00977. The number of amides is 1. The number of phenols is 1. The number of benzene rings is 1. The summed E-state index contributed by atoms with van der Waals surface area (Å²) in [7, 11) is 0. The molecule has 0 atom stereocenters. The highest BCUT2D eigenvalue weighted by atomic mass is 35.5. The van der Waals surface area contributed by atoms with Crippen LogP contribution in [0.2, 0.25) is 5.15 Å². The van der Waals surface area contributed by atoms with Crippen LogP contribution < -0.4 is 5.32 Å². The number of nitrogens with one attached hydrogen (secondary N) is 2. The summed E-state index contributed by atoms with van der Waals surface area (Å²) in [6.45, 7) is 1.97. The van der Waals surface area contributed by atoms with Crippen molar-refractivity contribution in [2.24, 2.45) is 0 Å². The molecule has 0 aliphatic rings. The Morgan fingerprint density at radius 2 is 1.91 bits per heavy atom. The number of halogens is 6. The molecule has 14 heteroatoms. The zero-order valence-electron chi connectivity index (χ0n) is 17.1. The maximum atomic E-state index is 14.5. The van der Waals surface area contributed by atoms with Crippen LogP contribution in [-0.4, -0.2) is 42.5 Å². The Morgan fingerprint density at radius 3 is 2.42 bits per heavy atom. The lowest BCUT2D eigenvalue weighted by Gasteiger charge is -2.10. The molecule has 0 bridgehead atoms. The van der Waals surface area contributed by atoms with Gasteiger partial charge in [0.1, 0.15) is 22.9 Å². The van der Waals surface area contributed by atoms with Crippen molar-refractivity contribution < 1.29 is 37.0 Å². The fraction of sp³-hybridized carbons (Fsp3) is 0.263. The molecule has 0 aliphatic carbocycles. The number of hydrogen-bond acceptors (Lipinski definition) is 6. The van der Waals surface area contributed by atoms with E-state index in [9.17, 15) is 31.9 Å². The Labute approximate surface area is 188 Å². The van der Waals surface area contributed by atoms with Crippen LogP contribution in [0.1, 0.15) is 35.1 Å². The molecule has 3 aromatic rings. The van der Waals surface area contributed by atoms with E-state index in [2.05, 4.69) is 25.5 Å². The van der Waals surface area contributed by atoms with E-state index in [0.717, 1.165) is 25.3 Å². The summed E-state index contributed by atoms with van der Waals surface area (Å²) in [6.07, 6.45) is -3.74. The van der Waals surface area contributed by atoms with Crippen molar-refractivity contribution in [3.63, 3.8) is 0 Å². The second kappa shape index (κ2) is 10.5. The minimum Gasteiger partial charge on any atom is -0.507 e. The molecule has 3 rings (SSSR count). The van der Waals surface area contributed by atoms with Gasteiger partial charge < -0.3 is 15.5 Å². The van der Waals surface area contributed by atoms with Crippen LogP contribution in [0.4, 0.5) is 27.6 Å². The topological polar surface area (TPSA) is 124 Å². The van der Waals surface area contributed by atoms with Gasteiger partial charge in [0.25, 0.3) is 5.91 Å². The number of H-pyrrole nitrogens is 1. The normalized spacial score (nSPS) is 11.1. The van der Waals surface area contributed by atoms with Gasteiger partial charge in [-0.3, -0.25) is 9.89 Å². The van der Waals surface area contributed by atoms with Crippen LogP contribution in [0.15, 0.2) is 18.3 Å². The summed E-state index contributed by atoms with van der Waals surface area (Å²) in [5, 5.41) is 27.9. The van der Waals surface area contributed by atoms with Crippen molar-refractivity contribution in [1.82, 2.24) is 20.2 Å². The Bertz CT molecular complexity index is 1130. The molecule has 8 nitrogen and oxygen atoms in total. The minimum atomic E-state index is -3.96. The molecule has 2 aromatic heterocycles. The van der Waals surface area contributed by atoms with Crippen LogP contribution >= 0.6 is 11.6 Å². The number of aromatic hydroxyl groups is 1. The molecular weight excluding hydrogens is 477 g/mol. The van der Waals surface area contributed by atoms with Gasteiger partial charge in [-0.2, -0.15) is 22.7 Å². The van der Waals surface area contributed by atoms with Crippen LogP contribution in [-0.2, 0) is 6.61 Å². The Hall–Kier alpha value is -3.32. The number of aliphatic hydroxyl groups excluding tert-OH is 1. The lowest BCUT2D eigenvalue weighted by Crippen LogP contribution is -2.13. The van der Waals surface area contributed by atoms with Gasteiger partial charge in [0.2, 0.25) is 5.95 Å². The first-order chi connectivity index (χ1) is 15.4. The second-order valence-corrected chi connectivity index (χ2v) is 6.80. The van der Waals surface area contributed by atoms with E-state index >= 15 is 0 Å². The lowest BCUT2D eigenvalue weighted by molar-refractivity contribution is -0.130. The van der Waals surface area contributed by atoms with Gasteiger partial charge >= 0.3 is 6.18 Å². The van der Waals surface area contributed by atoms with Crippen molar-refractivity contribution in [3.05, 3.63) is 52.2 Å². The molecule has 0 unspecified atom stereocenters. The lowest BCUT2D eigenvalue weighted by atomic mass is 10.1. The first-order valence-electron chi connectivity index (χ1n) is 9.11. The molecule has 1 aromatic carbocycles. The van der Waals surface area contributed by atoms with Crippen molar-refractivity contribution >= 4 is 23.2 Å². The summed E-state index contributed by atoms with van der Waals surface area (Å²) in [5.74, 6) is -3.25. The third kappa shape index (κ3) is 6.58. The summed E-state index contributed by atoms with van der Waals surface area (Å²) in [6, 6.07) is 1.75. The average Bonchev–Trinajstić information content (AvgIpc) is 3.07. The first kappa shape index (κ1) is 25.9. The van der Waals surface area contributed by atoms with E-state index in [1.807, 2.05) is 0 Å². The van der Waals surface area contributed by atoms with Crippen molar-refractivity contribution in [3.8, 4) is 17.0 Å². The highest BCUT2D eigenvalue weighted by Gasteiger charge is 2.23. The van der Waals surface area contributed by atoms with Gasteiger partial charge in [0.05, 0.1) is 29.8 Å². The van der Waals surface area contributed by atoms with Gasteiger partial charge in [-0.1, -0.05) is 18.5 Å². The summed E-state index contributed by atoms with van der Waals surface area (Å²) in [5.41, 5.74) is -0.396. The Kier molecular flexibility index (Phi) is 8.28. The predicted octanol–water partition coefficient (Wildman–Crippen LogP) is 4.52. The number of nitrogens with zero attached hydrogens (tertiary/aromatic N) is 3. The number of carbonyl (C=O) groups excluding carboxylic acids is 1. The number of phenolic OH excluding ortho intramolecular Hbond substituents is 1. The van der Waals surface area contributed by atoms with Crippen molar-refractivity contribution in [2.45, 2.75) is 33.1 Å². The van der Waals surface area contributed by atoms with Crippen LogP contribution in [0.25, 0.3) is 11.3 Å². The monoisotopic (exact) mass is 493 g/mol. The number of aromatic amines is 1. The fourth-order valence-electron chi connectivity index (χ4n) is 2.31. The molecule has 1 amide bonds. The van der Waals surface area contributed by atoms with Gasteiger partial charge in [-0.05, 0) is 19.1 Å². The molecule has 0 aliphatic heterocycles. The van der Waals surface area contributed by atoms with E-state index in [1.54, 1.807) is 6.92 Å². The number of alkyl halides is 3. The van der Waals surface area contributed by atoms with Crippen LogP contribution in [0, 0.1) is 18.7 Å². The van der Waals surface area contributed by atoms with Gasteiger partial charge in [-0.15, -0.1) is 0 Å². The molecule has 33 heavy (non-hydrogen) atoms. The fourth-order valence-corrected chi connectivity index (χ4v) is 2.54. The number of rotatable bonds is 4. The smallest absolute Gasteiger partial charge is 0.388 e. The van der Waals surface area contributed by atoms with Gasteiger partial charge in [0.15, 0.2) is 5.15 Å². The number of carbonyl (C=O) groups is 1. The third-order valence-corrected chi connectivity index (χ3v) is 4.37. The third-order valence-electron chi connectivity index (χ3n) is 4.09.